The van der Waals surface area contributed by atoms with Gasteiger partial charge in [-0.1, -0.05) is 66.7 Å². The molecule has 0 saturated heterocycles. The molecule has 0 amide bonds. The molecule has 0 fully saturated rings. The summed E-state index contributed by atoms with van der Waals surface area (Å²) in [5, 5.41) is 6.20. The lowest BCUT2D eigenvalue weighted by molar-refractivity contribution is -0.141. The van der Waals surface area contributed by atoms with Crippen LogP contribution in [0.2, 0.25) is 0 Å². The second-order valence-electron chi connectivity index (χ2n) is 6.89. The van der Waals surface area contributed by atoms with Crippen LogP contribution >= 0.6 is 0 Å². The minimum atomic E-state index is -4.56. The van der Waals surface area contributed by atoms with E-state index in [9.17, 15) is 13.2 Å². The van der Waals surface area contributed by atoms with Crippen molar-refractivity contribution in [3.8, 4) is 11.5 Å². The molecule has 0 radical (unpaired) electrons. The van der Waals surface area contributed by atoms with Crippen molar-refractivity contribution in [1.82, 2.24) is 19.9 Å². The minimum absolute atomic E-state index is 0.00717. The van der Waals surface area contributed by atoms with Crippen molar-refractivity contribution in [3.05, 3.63) is 95.7 Å². The molecule has 4 rings (SSSR count). The number of halogens is 3. The first-order valence-corrected chi connectivity index (χ1v) is 9.84. The van der Waals surface area contributed by atoms with Gasteiger partial charge in [-0.2, -0.15) is 28.1 Å². The van der Waals surface area contributed by atoms with E-state index in [-0.39, 0.29) is 23.4 Å². The van der Waals surface area contributed by atoms with Gasteiger partial charge in [-0.15, -0.1) is 0 Å². The van der Waals surface area contributed by atoms with E-state index in [1.54, 1.807) is 0 Å². The summed E-state index contributed by atoms with van der Waals surface area (Å²) in [5.41, 5.74) is 1.01. The van der Waals surface area contributed by atoms with Gasteiger partial charge in [-0.05, 0) is 23.3 Å². The molecule has 9 heteroatoms. The lowest BCUT2D eigenvalue weighted by Gasteiger charge is -2.11. The first kappa shape index (κ1) is 21.2. The topological polar surface area (TPSA) is 75.6 Å². The number of pyridine rings is 1. The third-order valence-corrected chi connectivity index (χ3v) is 4.49. The zero-order valence-electron chi connectivity index (χ0n) is 16.8. The molecule has 0 unspecified atom stereocenters. The molecule has 0 aliphatic carbocycles. The Balaban J connectivity index is 1.63. The molecule has 0 saturated carbocycles. The summed E-state index contributed by atoms with van der Waals surface area (Å²) >= 11 is 0. The number of hydrogen-bond donors (Lipinski definition) is 2. The summed E-state index contributed by atoms with van der Waals surface area (Å²) in [6, 6.07) is 22.9. The molecule has 32 heavy (non-hydrogen) atoms. The fourth-order valence-electron chi connectivity index (χ4n) is 2.92. The Hall–Kier alpha value is -4.01. The molecule has 0 aliphatic heterocycles. The molecule has 2 heterocycles. The van der Waals surface area contributed by atoms with Gasteiger partial charge >= 0.3 is 6.18 Å². The van der Waals surface area contributed by atoms with Crippen LogP contribution in [0.3, 0.4) is 0 Å². The second-order valence-corrected chi connectivity index (χ2v) is 6.89. The Morgan fingerprint density at radius 2 is 1.12 bits per heavy atom. The quantitative estimate of drug-likeness (QED) is 0.416. The number of anilines is 2. The smallest absolute Gasteiger partial charge is 0.350 e. The van der Waals surface area contributed by atoms with E-state index in [1.165, 1.54) is 12.1 Å². The molecular weight excluding hydrogens is 417 g/mol. The lowest BCUT2D eigenvalue weighted by Crippen LogP contribution is -2.12. The van der Waals surface area contributed by atoms with Crippen LogP contribution in [0.15, 0.2) is 78.9 Å². The van der Waals surface area contributed by atoms with Crippen molar-refractivity contribution < 1.29 is 13.2 Å². The molecule has 6 nitrogen and oxygen atoms in total. The van der Waals surface area contributed by atoms with Crippen LogP contribution in [0.5, 0.6) is 0 Å². The Bertz CT molecular complexity index is 1110. The maximum absolute atomic E-state index is 13.1. The lowest BCUT2D eigenvalue weighted by atomic mass is 10.2. The number of rotatable bonds is 7. The van der Waals surface area contributed by atoms with E-state index >= 15 is 0 Å². The van der Waals surface area contributed by atoms with Gasteiger partial charge in [0.05, 0.1) is 0 Å². The summed E-state index contributed by atoms with van der Waals surface area (Å²) in [6.45, 7) is 0.886. The van der Waals surface area contributed by atoms with Crippen LogP contribution in [0.4, 0.5) is 25.1 Å². The average Bonchev–Trinajstić information content (AvgIpc) is 2.82. The average molecular weight is 436 g/mol. The van der Waals surface area contributed by atoms with Crippen LogP contribution in [-0.2, 0) is 19.3 Å². The van der Waals surface area contributed by atoms with Crippen LogP contribution in [0, 0.1) is 0 Å². The molecule has 2 aromatic carbocycles. The Labute approximate surface area is 182 Å². The van der Waals surface area contributed by atoms with E-state index in [0.717, 1.165) is 17.2 Å². The predicted octanol–water partition coefficient (Wildman–Crippen LogP) is 5.18. The third kappa shape index (κ3) is 5.57. The van der Waals surface area contributed by atoms with Crippen LogP contribution in [0.25, 0.3) is 11.5 Å². The van der Waals surface area contributed by atoms with Gasteiger partial charge in [-0.3, -0.25) is 0 Å². The minimum Gasteiger partial charge on any atom is -0.350 e. The predicted molar refractivity (Wildman–Crippen MR) is 116 cm³/mol. The van der Waals surface area contributed by atoms with Crippen molar-refractivity contribution in [2.75, 3.05) is 10.6 Å². The molecule has 0 aliphatic rings. The molecular formula is C23H19F3N6. The van der Waals surface area contributed by atoms with Crippen molar-refractivity contribution in [2.45, 2.75) is 19.3 Å². The molecule has 0 bridgehead atoms. The zero-order valence-corrected chi connectivity index (χ0v) is 16.8. The van der Waals surface area contributed by atoms with Gasteiger partial charge < -0.3 is 10.6 Å². The first-order valence-electron chi connectivity index (χ1n) is 9.84. The number of nitrogens with zero attached hydrogens (tertiary/aromatic N) is 4. The maximum atomic E-state index is 13.1. The number of benzene rings is 2. The highest BCUT2D eigenvalue weighted by Gasteiger charge is 2.32. The summed E-state index contributed by atoms with van der Waals surface area (Å²) in [5.74, 6) is 0.500. The van der Waals surface area contributed by atoms with Crippen molar-refractivity contribution in [1.29, 1.82) is 0 Å². The number of hydrogen-bond acceptors (Lipinski definition) is 6. The summed E-state index contributed by atoms with van der Waals surface area (Å²) in [6.07, 6.45) is -4.56. The van der Waals surface area contributed by atoms with Gasteiger partial charge in [0.15, 0.2) is 5.82 Å². The van der Waals surface area contributed by atoms with E-state index in [1.807, 2.05) is 60.7 Å². The SMILES string of the molecule is FC(F)(F)c1cccc(-c2nc(NCc3ccccc3)nc(NCc3ccccc3)n2)n1. The van der Waals surface area contributed by atoms with E-state index < -0.39 is 11.9 Å². The van der Waals surface area contributed by atoms with Gasteiger partial charge in [-0.25, -0.2) is 4.98 Å². The Kier molecular flexibility index (Phi) is 6.25. The molecule has 0 spiro atoms. The van der Waals surface area contributed by atoms with E-state index in [4.69, 9.17) is 0 Å². The summed E-state index contributed by atoms with van der Waals surface area (Å²) < 4.78 is 39.4. The van der Waals surface area contributed by atoms with Crippen LogP contribution in [0.1, 0.15) is 16.8 Å². The Morgan fingerprint density at radius 3 is 1.62 bits per heavy atom. The normalized spacial score (nSPS) is 11.2. The van der Waals surface area contributed by atoms with Crippen molar-refractivity contribution in [3.63, 3.8) is 0 Å². The fourth-order valence-corrected chi connectivity index (χ4v) is 2.92. The van der Waals surface area contributed by atoms with Gasteiger partial charge in [0, 0.05) is 13.1 Å². The molecule has 2 N–H and O–H groups in total. The molecule has 0 atom stereocenters. The standard InChI is InChI=1S/C23H19F3N6/c24-23(25,26)19-13-7-12-18(29-19)20-30-21(27-14-16-8-3-1-4-9-16)32-22(31-20)28-15-17-10-5-2-6-11-17/h1-13H,14-15H2,(H2,27,28,30,31,32). The zero-order chi connectivity index (χ0) is 22.4. The first-order chi connectivity index (χ1) is 15.5. The van der Waals surface area contributed by atoms with Crippen molar-refractivity contribution >= 4 is 11.9 Å². The van der Waals surface area contributed by atoms with Crippen LogP contribution < -0.4 is 10.6 Å². The number of aromatic nitrogens is 4. The largest absolute Gasteiger partial charge is 0.433 e. The highest BCUT2D eigenvalue weighted by atomic mass is 19.4. The molecule has 2 aromatic heterocycles. The van der Waals surface area contributed by atoms with Gasteiger partial charge in [0.25, 0.3) is 0 Å². The van der Waals surface area contributed by atoms with E-state index in [0.29, 0.717) is 13.1 Å². The fraction of sp³-hybridized carbons (Fsp3) is 0.130. The van der Waals surface area contributed by atoms with Gasteiger partial charge in [0.2, 0.25) is 11.9 Å². The molecule has 162 valence electrons. The van der Waals surface area contributed by atoms with Crippen molar-refractivity contribution in [2.24, 2.45) is 0 Å². The maximum Gasteiger partial charge on any atom is 0.433 e. The van der Waals surface area contributed by atoms with Gasteiger partial charge in [0.1, 0.15) is 11.4 Å². The number of alkyl halides is 3. The third-order valence-electron chi connectivity index (χ3n) is 4.49. The Morgan fingerprint density at radius 1 is 0.594 bits per heavy atom. The summed E-state index contributed by atoms with van der Waals surface area (Å²) in [7, 11) is 0. The monoisotopic (exact) mass is 436 g/mol. The highest BCUT2D eigenvalue weighted by molar-refractivity contribution is 5.54. The summed E-state index contributed by atoms with van der Waals surface area (Å²) in [4.78, 5) is 16.7. The number of nitrogens with one attached hydrogen (secondary N) is 2. The van der Waals surface area contributed by atoms with E-state index in [2.05, 4.69) is 30.6 Å². The molecule has 4 aromatic rings. The highest BCUT2D eigenvalue weighted by Crippen LogP contribution is 2.29. The second kappa shape index (κ2) is 9.42. The van der Waals surface area contributed by atoms with Crippen LogP contribution in [-0.4, -0.2) is 19.9 Å².